The molecular weight excluding hydrogens is 336 g/mol. The van der Waals surface area contributed by atoms with Crippen LogP contribution >= 0.6 is 12.2 Å². The minimum absolute atomic E-state index is 0.00861. The Morgan fingerprint density at radius 3 is 2.76 bits per heavy atom. The van der Waals surface area contributed by atoms with Gasteiger partial charge in [0, 0.05) is 25.7 Å². The molecular formula is C18H26N4O2S. The van der Waals surface area contributed by atoms with E-state index in [-0.39, 0.29) is 17.7 Å². The van der Waals surface area contributed by atoms with E-state index >= 15 is 0 Å². The lowest BCUT2D eigenvalue weighted by atomic mass is 9.97. The molecule has 0 spiro atoms. The molecule has 2 amide bonds. The van der Waals surface area contributed by atoms with Gasteiger partial charge in [-0.3, -0.25) is 20.4 Å². The van der Waals surface area contributed by atoms with Gasteiger partial charge in [-0.2, -0.15) is 0 Å². The number of hydrogen-bond acceptors (Lipinski definition) is 3. The van der Waals surface area contributed by atoms with Gasteiger partial charge >= 0.3 is 0 Å². The van der Waals surface area contributed by atoms with Crippen LogP contribution in [0.1, 0.15) is 37.8 Å². The first-order chi connectivity index (χ1) is 11.9. The maximum Gasteiger partial charge on any atom is 0.243 e. The smallest absolute Gasteiger partial charge is 0.243 e. The molecule has 2 rings (SSSR count). The third kappa shape index (κ3) is 5.16. The monoisotopic (exact) mass is 362 g/mol. The van der Waals surface area contributed by atoms with Crippen molar-refractivity contribution in [1.82, 2.24) is 15.8 Å². The summed E-state index contributed by atoms with van der Waals surface area (Å²) in [6, 6.07) is 6.08. The number of thiocarbonyl (C=S) groups is 1. The molecule has 0 aromatic heterocycles. The zero-order chi connectivity index (χ0) is 18.4. The molecule has 25 heavy (non-hydrogen) atoms. The van der Waals surface area contributed by atoms with Gasteiger partial charge in [-0.05, 0) is 49.5 Å². The Labute approximate surface area is 154 Å². The zero-order valence-electron chi connectivity index (χ0n) is 15.0. The lowest BCUT2D eigenvalue weighted by Crippen LogP contribution is -2.50. The van der Waals surface area contributed by atoms with Crippen molar-refractivity contribution in [2.24, 2.45) is 5.92 Å². The molecule has 1 aliphatic heterocycles. The van der Waals surface area contributed by atoms with Crippen molar-refractivity contribution < 1.29 is 9.59 Å². The van der Waals surface area contributed by atoms with Gasteiger partial charge < -0.3 is 10.2 Å². The topological polar surface area (TPSA) is 73.5 Å². The van der Waals surface area contributed by atoms with Gasteiger partial charge in [0.2, 0.25) is 11.8 Å². The van der Waals surface area contributed by atoms with E-state index in [0.29, 0.717) is 11.7 Å². The average molecular weight is 362 g/mol. The maximum atomic E-state index is 12.3. The second-order valence-electron chi connectivity index (χ2n) is 6.34. The van der Waals surface area contributed by atoms with E-state index in [0.717, 1.165) is 37.1 Å². The quantitative estimate of drug-likeness (QED) is 0.567. The molecule has 6 nitrogen and oxygen atoms in total. The summed E-state index contributed by atoms with van der Waals surface area (Å²) in [6.07, 6.45) is 2.50. The predicted molar refractivity (Wildman–Crippen MR) is 103 cm³/mol. The molecule has 0 aliphatic carbocycles. The van der Waals surface area contributed by atoms with Crippen LogP contribution in [0.25, 0.3) is 0 Å². The molecule has 1 atom stereocenters. The number of para-hydroxylation sites is 1. The summed E-state index contributed by atoms with van der Waals surface area (Å²) in [5.41, 5.74) is 8.66. The van der Waals surface area contributed by atoms with Gasteiger partial charge in [0.25, 0.3) is 0 Å². The third-order valence-electron chi connectivity index (χ3n) is 4.52. The normalized spacial score (nSPS) is 16.9. The van der Waals surface area contributed by atoms with Gasteiger partial charge in [-0.25, -0.2) is 0 Å². The largest absolute Gasteiger partial charge is 0.342 e. The van der Waals surface area contributed by atoms with Crippen LogP contribution in [0.4, 0.5) is 5.69 Å². The first-order valence-electron chi connectivity index (χ1n) is 8.63. The van der Waals surface area contributed by atoms with Crippen molar-refractivity contribution in [2.45, 2.75) is 40.0 Å². The van der Waals surface area contributed by atoms with Gasteiger partial charge in [0.1, 0.15) is 0 Å². The molecule has 0 bridgehead atoms. The van der Waals surface area contributed by atoms with Crippen LogP contribution in [0.15, 0.2) is 18.2 Å². The molecule has 1 heterocycles. The first-order valence-corrected chi connectivity index (χ1v) is 9.04. The van der Waals surface area contributed by atoms with E-state index in [1.165, 1.54) is 12.5 Å². The lowest BCUT2D eigenvalue weighted by Gasteiger charge is -2.31. The number of rotatable bonds is 3. The van der Waals surface area contributed by atoms with Crippen molar-refractivity contribution in [1.29, 1.82) is 0 Å². The van der Waals surface area contributed by atoms with E-state index in [1.54, 1.807) is 4.90 Å². The van der Waals surface area contributed by atoms with E-state index < -0.39 is 0 Å². The maximum absolute atomic E-state index is 12.3. The fraction of sp³-hybridized carbons (Fsp3) is 0.500. The number of anilines is 1. The van der Waals surface area contributed by atoms with E-state index in [4.69, 9.17) is 12.2 Å². The number of nitrogens with zero attached hydrogens (tertiary/aromatic N) is 1. The molecule has 1 aliphatic rings. The number of hydrazine groups is 1. The summed E-state index contributed by atoms with van der Waals surface area (Å²) in [5.74, 6) is -0.345. The second kappa shape index (κ2) is 8.80. The average Bonchev–Trinajstić information content (AvgIpc) is 2.61. The summed E-state index contributed by atoms with van der Waals surface area (Å²) in [6.45, 7) is 6.81. The standard InChI is InChI=1S/C18H26N4O2S/c1-4-14-8-5-7-12(2)16(14)19-18(25)21-20-17(24)15-9-6-10-22(11-15)13(3)23/h5,7-8,15H,4,6,9-11H2,1-3H3,(H,20,24)(H2,19,21,25)/t15-/m1/s1. The van der Waals surface area contributed by atoms with Crippen molar-refractivity contribution in [3.8, 4) is 0 Å². The van der Waals surface area contributed by atoms with Crippen molar-refractivity contribution >= 4 is 34.8 Å². The minimum atomic E-state index is -0.211. The fourth-order valence-electron chi connectivity index (χ4n) is 3.04. The van der Waals surface area contributed by atoms with Gasteiger partial charge in [0.15, 0.2) is 5.11 Å². The Kier molecular flexibility index (Phi) is 6.75. The summed E-state index contributed by atoms with van der Waals surface area (Å²) in [5, 5.41) is 3.50. The van der Waals surface area contributed by atoms with Crippen LogP contribution in [0.3, 0.4) is 0 Å². The number of hydrogen-bond donors (Lipinski definition) is 3. The first kappa shape index (κ1) is 19.2. The van der Waals surface area contributed by atoms with E-state index in [2.05, 4.69) is 29.2 Å². The Bertz CT molecular complexity index is 662. The molecule has 7 heteroatoms. The van der Waals surface area contributed by atoms with Crippen LogP contribution in [0, 0.1) is 12.8 Å². The summed E-state index contributed by atoms with van der Waals surface area (Å²) >= 11 is 5.29. The SMILES string of the molecule is CCc1cccc(C)c1NC(=S)NNC(=O)[C@@H]1CCCN(C(C)=O)C1. The van der Waals surface area contributed by atoms with Crippen LogP contribution in [0.5, 0.6) is 0 Å². The van der Waals surface area contributed by atoms with Gasteiger partial charge in [-0.1, -0.05) is 25.1 Å². The van der Waals surface area contributed by atoms with E-state index in [1.807, 2.05) is 19.1 Å². The molecule has 1 aromatic rings. The zero-order valence-corrected chi connectivity index (χ0v) is 15.8. The highest BCUT2D eigenvalue weighted by Crippen LogP contribution is 2.21. The molecule has 3 N–H and O–H groups in total. The number of amides is 2. The highest BCUT2D eigenvalue weighted by molar-refractivity contribution is 7.80. The minimum Gasteiger partial charge on any atom is -0.342 e. The summed E-state index contributed by atoms with van der Waals surface area (Å²) < 4.78 is 0. The Hall–Kier alpha value is -2.15. The van der Waals surface area contributed by atoms with Crippen molar-refractivity contribution in [3.63, 3.8) is 0 Å². The van der Waals surface area contributed by atoms with E-state index in [9.17, 15) is 9.59 Å². The molecule has 0 saturated carbocycles. The summed E-state index contributed by atoms with van der Waals surface area (Å²) in [7, 11) is 0. The molecule has 1 aromatic carbocycles. The van der Waals surface area contributed by atoms with Gasteiger partial charge in [-0.15, -0.1) is 0 Å². The molecule has 0 radical (unpaired) electrons. The number of carbonyl (C=O) groups is 2. The third-order valence-corrected chi connectivity index (χ3v) is 4.72. The van der Waals surface area contributed by atoms with Crippen molar-refractivity contribution in [2.75, 3.05) is 18.4 Å². The van der Waals surface area contributed by atoms with Crippen LogP contribution in [-0.4, -0.2) is 34.9 Å². The number of piperidine rings is 1. The van der Waals surface area contributed by atoms with Gasteiger partial charge in [0.05, 0.1) is 5.92 Å². The van der Waals surface area contributed by atoms with Crippen LogP contribution in [0.2, 0.25) is 0 Å². The highest BCUT2D eigenvalue weighted by Gasteiger charge is 2.27. The van der Waals surface area contributed by atoms with Crippen LogP contribution < -0.4 is 16.2 Å². The number of benzene rings is 1. The molecule has 1 fully saturated rings. The second-order valence-corrected chi connectivity index (χ2v) is 6.74. The van der Waals surface area contributed by atoms with Crippen molar-refractivity contribution in [3.05, 3.63) is 29.3 Å². The Morgan fingerprint density at radius 2 is 2.08 bits per heavy atom. The Balaban J connectivity index is 1.88. The number of carbonyl (C=O) groups excluding carboxylic acids is 2. The summed E-state index contributed by atoms with van der Waals surface area (Å²) in [4.78, 5) is 25.5. The number of aryl methyl sites for hydroxylation is 2. The molecule has 136 valence electrons. The number of nitrogens with one attached hydrogen (secondary N) is 3. The fourth-order valence-corrected chi connectivity index (χ4v) is 3.20. The Morgan fingerprint density at radius 1 is 1.32 bits per heavy atom. The molecule has 0 unspecified atom stereocenters. The highest BCUT2D eigenvalue weighted by atomic mass is 32.1. The van der Waals surface area contributed by atoms with Crippen LogP contribution in [-0.2, 0) is 16.0 Å². The predicted octanol–water partition coefficient (Wildman–Crippen LogP) is 2.13. The molecule has 1 saturated heterocycles. The number of likely N-dealkylation sites (tertiary alicyclic amines) is 1. The lowest BCUT2D eigenvalue weighted by molar-refractivity contribution is -0.134.